The zero-order chi connectivity index (χ0) is 22.6. The van der Waals surface area contributed by atoms with Gasteiger partial charge in [0.2, 0.25) is 0 Å². The first-order chi connectivity index (χ1) is 16.2. The summed E-state index contributed by atoms with van der Waals surface area (Å²) in [5.74, 6) is 0.813. The van der Waals surface area contributed by atoms with E-state index in [0.29, 0.717) is 13.1 Å². The molecular formula is C27H23BrN4O. The quantitative estimate of drug-likeness (QED) is 0.305. The predicted octanol–water partition coefficient (Wildman–Crippen LogP) is 5.85. The monoisotopic (exact) mass is 498 g/mol. The van der Waals surface area contributed by atoms with Gasteiger partial charge in [-0.2, -0.15) is 0 Å². The average molecular weight is 499 g/mol. The SMILES string of the molecule is OCCN(Cc1ccccc1)c1ncnc2c1c(-c1ccccc1)cn2-c1ccc(Br)cc1. The van der Waals surface area contributed by atoms with Gasteiger partial charge in [-0.05, 0) is 35.4 Å². The normalized spacial score (nSPS) is 11.1. The van der Waals surface area contributed by atoms with Crippen LogP contribution in [-0.4, -0.2) is 32.8 Å². The van der Waals surface area contributed by atoms with Gasteiger partial charge in [0.1, 0.15) is 12.1 Å². The number of fused-ring (bicyclic) bond motifs is 1. The summed E-state index contributed by atoms with van der Waals surface area (Å²) < 4.78 is 3.13. The van der Waals surface area contributed by atoms with Crippen molar-refractivity contribution in [3.63, 3.8) is 0 Å². The molecule has 0 fully saturated rings. The zero-order valence-corrected chi connectivity index (χ0v) is 19.6. The van der Waals surface area contributed by atoms with Gasteiger partial charge in [0.05, 0.1) is 12.0 Å². The van der Waals surface area contributed by atoms with Crippen molar-refractivity contribution < 1.29 is 5.11 Å². The number of anilines is 1. The largest absolute Gasteiger partial charge is 0.395 e. The molecule has 0 aliphatic rings. The lowest BCUT2D eigenvalue weighted by atomic mass is 10.1. The van der Waals surface area contributed by atoms with E-state index in [1.807, 2.05) is 48.5 Å². The first-order valence-electron chi connectivity index (χ1n) is 10.8. The number of aromatic nitrogens is 3. The van der Waals surface area contributed by atoms with E-state index in [2.05, 4.69) is 73.0 Å². The Morgan fingerprint density at radius 1 is 0.848 bits per heavy atom. The van der Waals surface area contributed by atoms with Gasteiger partial charge >= 0.3 is 0 Å². The van der Waals surface area contributed by atoms with E-state index in [9.17, 15) is 5.11 Å². The third kappa shape index (κ3) is 4.40. The molecule has 2 heterocycles. The standard InChI is InChI=1S/C27H23BrN4O/c28-22-11-13-23(14-12-22)32-18-24(21-9-5-2-6-10-21)25-26(29-19-30-27(25)32)31(15-16-33)17-20-7-3-1-4-8-20/h1-14,18-19,33H,15-17H2. The minimum Gasteiger partial charge on any atom is -0.395 e. The van der Waals surface area contributed by atoms with Gasteiger partial charge < -0.3 is 14.6 Å². The van der Waals surface area contributed by atoms with Crippen LogP contribution >= 0.6 is 15.9 Å². The van der Waals surface area contributed by atoms with E-state index < -0.39 is 0 Å². The van der Waals surface area contributed by atoms with E-state index in [1.165, 1.54) is 0 Å². The van der Waals surface area contributed by atoms with Gasteiger partial charge in [-0.1, -0.05) is 76.6 Å². The molecule has 33 heavy (non-hydrogen) atoms. The van der Waals surface area contributed by atoms with Crippen molar-refractivity contribution in [2.45, 2.75) is 6.54 Å². The molecule has 164 valence electrons. The van der Waals surface area contributed by atoms with Crippen LogP contribution in [0.3, 0.4) is 0 Å². The van der Waals surface area contributed by atoms with Gasteiger partial charge in [-0.3, -0.25) is 0 Å². The number of halogens is 1. The molecule has 0 radical (unpaired) electrons. The van der Waals surface area contributed by atoms with Crippen LogP contribution in [0.25, 0.3) is 27.8 Å². The lowest BCUT2D eigenvalue weighted by Gasteiger charge is -2.24. The first-order valence-corrected chi connectivity index (χ1v) is 11.6. The predicted molar refractivity (Wildman–Crippen MR) is 137 cm³/mol. The molecule has 5 rings (SSSR count). The Bertz CT molecular complexity index is 1350. The van der Waals surface area contributed by atoms with Crippen molar-refractivity contribution in [1.29, 1.82) is 0 Å². The maximum Gasteiger partial charge on any atom is 0.150 e. The van der Waals surface area contributed by atoms with E-state index in [4.69, 9.17) is 4.98 Å². The van der Waals surface area contributed by atoms with Crippen molar-refractivity contribution in [2.24, 2.45) is 0 Å². The number of aliphatic hydroxyl groups excluding tert-OH is 1. The second-order valence-electron chi connectivity index (χ2n) is 7.78. The summed E-state index contributed by atoms with van der Waals surface area (Å²) in [5, 5.41) is 10.8. The minimum absolute atomic E-state index is 0.0341. The average Bonchev–Trinajstić information content (AvgIpc) is 3.25. The fourth-order valence-corrected chi connectivity index (χ4v) is 4.37. The summed E-state index contributed by atoms with van der Waals surface area (Å²) >= 11 is 3.52. The summed E-state index contributed by atoms with van der Waals surface area (Å²) in [6.07, 6.45) is 3.73. The third-order valence-corrected chi connectivity index (χ3v) is 6.17. The van der Waals surface area contributed by atoms with E-state index in [-0.39, 0.29) is 6.61 Å². The fourth-order valence-electron chi connectivity index (χ4n) is 4.10. The number of hydrogen-bond donors (Lipinski definition) is 1. The molecule has 3 aromatic carbocycles. The second kappa shape index (κ2) is 9.57. The molecule has 1 N–H and O–H groups in total. The van der Waals surface area contributed by atoms with Crippen molar-refractivity contribution in [1.82, 2.24) is 14.5 Å². The molecule has 0 aliphatic carbocycles. The van der Waals surface area contributed by atoms with Crippen molar-refractivity contribution >= 4 is 32.8 Å². The topological polar surface area (TPSA) is 54.2 Å². The molecule has 0 atom stereocenters. The highest BCUT2D eigenvalue weighted by Gasteiger charge is 2.21. The Morgan fingerprint density at radius 2 is 1.55 bits per heavy atom. The Labute approximate surface area is 201 Å². The highest BCUT2D eigenvalue weighted by Crippen LogP contribution is 2.37. The Kier molecular flexibility index (Phi) is 6.19. The Hall–Kier alpha value is -3.48. The summed E-state index contributed by atoms with van der Waals surface area (Å²) in [7, 11) is 0. The summed E-state index contributed by atoms with van der Waals surface area (Å²) in [6, 6.07) is 28.7. The molecule has 0 aliphatic heterocycles. The lowest BCUT2D eigenvalue weighted by molar-refractivity contribution is 0.301. The molecule has 0 amide bonds. The van der Waals surface area contributed by atoms with Crippen LogP contribution in [0.4, 0.5) is 5.82 Å². The number of rotatable bonds is 7. The van der Waals surface area contributed by atoms with Crippen LogP contribution in [-0.2, 0) is 6.54 Å². The van der Waals surface area contributed by atoms with Crippen molar-refractivity contribution in [3.8, 4) is 16.8 Å². The van der Waals surface area contributed by atoms with E-state index in [1.54, 1.807) is 6.33 Å². The Balaban J connectivity index is 1.73. The highest BCUT2D eigenvalue weighted by molar-refractivity contribution is 9.10. The van der Waals surface area contributed by atoms with Gasteiger partial charge in [0, 0.05) is 35.0 Å². The lowest BCUT2D eigenvalue weighted by Crippen LogP contribution is -2.27. The molecule has 2 aromatic heterocycles. The third-order valence-electron chi connectivity index (χ3n) is 5.64. The molecule has 0 bridgehead atoms. The molecule has 0 unspecified atom stereocenters. The van der Waals surface area contributed by atoms with Crippen LogP contribution in [0.2, 0.25) is 0 Å². The summed E-state index contributed by atoms with van der Waals surface area (Å²) in [6.45, 7) is 1.15. The number of nitrogens with zero attached hydrogens (tertiary/aromatic N) is 4. The van der Waals surface area contributed by atoms with Crippen LogP contribution in [0.1, 0.15) is 5.56 Å². The van der Waals surface area contributed by atoms with Crippen LogP contribution < -0.4 is 4.90 Å². The molecule has 0 saturated carbocycles. The summed E-state index contributed by atoms with van der Waals surface area (Å²) in [4.78, 5) is 11.5. The van der Waals surface area contributed by atoms with Crippen LogP contribution in [0, 0.1) is 0 Å². The molecule has 5 nitrogen and oxygen atoms in total. The Morgan fingerprint density at radius 3 is 2.24 bits per heavy atom. The number of hydrogen-bond acceptors (Lipinski definition) is 4. The smallest absolute Gasteiger partial charge is 0.150 e. The van der Waals surface area contributed by atoms with E-state index in [0.717, 1.165) is 43.7 Å². The van der Waals surface area contributed by atoms with Crippen molar-refractivity contribution in [2.75, 3.05) is 18.1 Å². The van der Waals surface area contributed by atoms with E-state index >= 15 is 0 Å². The molecule has 0 saturated heterocycles. The summed E-state index contributed by atoms with van der Waals surface area (Å²) in [5.41, 5.74) is 5.16. The number of benzene rings is 3. The first kappa shape index (κ1) is 21.4. The van der Waals surface area contributed by atoms with Gasteiger partial charge in [0.25, 0.3) is 0 Å². The van der Waals surface area contributed by atoms with Gasteiger partial charge in [0.15, 0.2) is 5.65 Å². The van der Waals surface area contributed by atoms with Crippen LogP contribution in [0.15, 0.2) is 102 Å². The van der Waals surface area contributed by atoms with Crippen LogP contribution in [0.5, 0.6) is 0 Å². The molecule has 5 aromatic rings. The molecule has 6 heteroatoms. The zero-order valence-electron chi connectivity index (χ0n) is 18.0. The maximum atomic E-state index is 9.85. The van der Waals surface area contributed by atoms with Gasteiger partial charge in [-0.25, -0.2) is 9.97 Å². The molecular weight excluding hydrogens is 476 g/mol. The minimum atomic E-state index is 0.0341. The van der Waals surface area contributed by atoms with Crippen molar-refractivity contribution in [3.05, 3.63) is 107 Å². The fraction of sp³-hybridized carbons (Fsp3) is 0.111. The maximum absolute atomic E-state index is 9.85. The highest BCUT2D eigenvalue weighted by atomic mass is 79.9. The van der Waals surface area contributed by atoms with Gasteiger partial charge in [-0.15, -0.1) is 0 Å². The molecule has 0 spiro atoms. The second-order valence-corrected chi connectivity index (χ2v) is 8.70. The number of aliphatic hydroxyl groups is 1.